The van der Waals surface area contributed by atoms with E-state index in [0.29, 0.717) is 11.6 Å². The quantitative estimate of drug-likeness (QED) is 0.622. The Bertz CT molecular complexity index is 553. The first kappa shape index (κ1) is 14.3. The van der Waals surface area contributed by atoms with Crippen molar-refractivity contribution in [3.8, 4) is 6.07 Å². The van der Waals surface area contributed by atoms with E-state index in [2.05, 4.69) is 22.9 Å². The number of rotatable bonds is 3. The normalized spacial score (nSPS) is 19.4. The van der Waals surface area contributed by atoms with Crippen LogP contribution in [0.1, 0.15) is 18.4 Å². The molecule has 1 atom stereocenters. The van der Waals surface area contributed by atoms with Gasteiger partial charge in [-0.1, -0.05) is 0 Å². The van der Waals surface area contributed by atoms with Crippen molar-refractivity contribution in [2.75, 3.05) is 32.1 Å². The van der Waals surface area contributed by atoms with Crippen molar-refractivity contribution in [2.45, 2.75) is 18.9 Å². The molecule has 0 aromatic heterocycles. The zero-order valence-corrected chi connectivity index (χ0v) is 11.7. The highest BCUT2D eigenvalue weighted by molar-refractivity contribution is 5.63. The van der Waals surface area contributed by atoms with Gasteiger partial charge in [-0.15, -0.1) is 0 Å². The summed E-state index contributed by atoms with van der Waals surface area (Å²) in [7, 11) is 4.03. The summed E-state index contributed by atoms with van der Waals surface area (Å²) in [6, 6.07) is 6.87. The van der Waals surface area contributed by atoms with Crippen LogP contribution < -0.4 is 4.90 Å². The Morgan fingerprint density at radius 2 is 2.30 bits per heavy atom. The number of benzene rings is 1. The molecular weight excluding hydrogens is 256 g/mol. The summed E-state index contributed by atoms with van der Waals surface area (Å²) in [5.41, 5.74) is 1.08. The smallest absolute Gasteiger partial charge is 0.270 e. The van der Waals surface area contributed by atoms with E-state index >= 15 is 0 Å². The van der Waals surface area contributed by atoms with Crippen LogP contribution in [-0.2, 0) is 0 Å². The largest absolute Gasteiger partial charge is 0.369 e. The molecule has 2 rings (SSSR count). The number of hydrogen-bond donors (Lipinski definition) is 0. The molecule has 106 valence electrons. The van der Waals surface area contributed by atoms with E-state index in [9.17, 15) is 15.4 Å². The number of nitro groups is 1. The first-order valence-corrected chi connectivity index (χ1v) is 6.63. The molecular formula is C14H18N4O2. The molecule has 0 radical (unpaired) electrons. The lowest BCUT2D eigenvalue weighted by atomic mass is 10.0. The van der Waals surface area contributed by atoms with Crippen molar-refractivity contribution in [1.29, 1.82) is 5.26 Å². The minimum Gasteiger partial charge on any atom is -0.369 e. The Balaban J connectivity index is 2.27. The van der Waals surface area contributed by atoms with Gasteiger partial charge in [-0.05, 0) is 32.5 Å². The number of likely N-dealkylation sites (tertiary alicyclic amines) is 1. The van der Waals surface area contributed by atoms with Gasteiger partial charge in [0.2, 0.25) is 0 Å². The standard InChI is InChI=1S/C14H18N4O2/c1-16-7-3-4-13(10-16)17(2)14-6-5-12(18(19)20)8-11(14)9-15/h5-6,8,13H,3-4,7,10H2,1-2H3. The Morgan fingerprint density at radius 1 is 1.55 bits per heavy atom. The van der Waals surface area contributed by atoms with Crippen LogP contribution in [0.3, 0.4) is 0 Å². The molecule has 6 nitrogen and oxygen atoms in total. The summed E-state index contributed by atoms with van der Waals surface area (Å²) < 4.78 is 0. The van der Waals surface area contributed by atoms with Gasteiger partial charge in [0.15, 0.2) is 0 Å². The molecule has 0 amide bonds. The summed E-state index contributed by atoms with van der Waals surface area (Å²) in [6.07, 6.45) is 2.20. The Morgan fingerprint density at radius 3 is 2.90 bits per heavy atom. The molecule has 1 heterocycles. The van der Waals surface area contributed by atoms with Crippen LogP contribution in [0.2, 0.25) is 0 Å². The van der Waals surface area contributed by atoms with Crippen LogP contribution in [-0.4, -0.2) is 43.0 Å². The maximum absolute atomic E-state index is 10.8. The van der Waals surface area contributed by atoms with Crippen LogP contribution in [0, 0.1) is 21.4 Å². The molecule has 1 aromatic carbocycles. The maximum Gasteiger partial charge on any atom is 0.270 e. The third kappa shape index (κ3) is 2.89. The second kappa shape index (κ2) is 5.88. The Kier molecular flexibility index (Phi) is 4.20. The highest BCUT2D eigenvalue weighted by Crippen LogP contribution is 2.27. The zero-order valence-electron chi connectivity index (χ0n) is 11.7. The molecule has 0 aliphatic carbocycles. The second-order valence-electron chi connectivity index (χ2n) is 5.24. The molecule has 1 unspecified atom stereocenters. The summed E-state index contributed by atoms with van der Waals surface area (Å²) >= 11 is 0. The second-order valence-corrected chi connectivity index (χ2v) is 5.24. The van der Waals surface area contributed by atoms with E-state index in [4.69, 9.17) is 0 Å². The molecule has 0 N–H and O–H groups in total. The summed E-state index contributed by atoms with van der Waals surface area (Å²) in [5.74, 6) is 0. The number of non-ortho nitro benzene ring substituents is 1. The molecule has 0 saturated carbocycles. The van der Waals surface area contributed by atoms with Gasteiger partial charge in [0.1, 0.15) is 6.07 Å². The van der Waals surface area contributed by atoms with E-state index in [1.165, 1.54) is 12.1 Å². The molecule has 0 spiro atoms. The zero-order chi connectivity index (χ0) is 14.7. The van der Waals surface area contributed by atoms with Crippen molar-refractivity contribution >= 4 is 11.4 Å². The van der Waals surface area contributed by atoms with Gasteiger partial charge >= 0.3 is 0 Å². The third-order valence-electron chi connectivity index (χ3n) is 3.84. The number of nitrogens with zero attached hydrogens (tertiary/aromatic N) is 4. The average Bonchev–Trinajstić information content (AvgIpc) is 2.45. The van der Waals surface area contributed by atoms with Crippen molar-refractivity contribution in [2.24, 2.45) is 0 Å². The summed E-state index contributed by atoms with van der Waals surface area (Å²) in [5, 5.41) is 20.0. The van der Waals surface area contributed by atoms with Crippen molar-refractivity contribution in [3.05, 3.63) is 33.9 Å². The molecule has 1 aliphatic rings. The number of nitriles is 1. The maximum atomic E-state index is 10.8. The lowest BCUT2D eigenvalue weighted by molar-refractivity contribution is -0.384. The van der Waals surface area contributed by atoms with Gasteiger partial charge in [-0.3, -0.25) is 10.1 Å². The predicted octanol–water partition coefficient (Wildman–Crippen LogP) is 2.00. The summed E-state index contributed by atoms with van der Waals surface area (Å²) in [4.78, 5) is 14.6. The fourth-order valence-corrected chi connectivity index (χ4v) is 2.69. The van der Waals surface area contributed by atoms with Crippen molar-refractivity contribution in [3.63, 3.8) is 0 Å². The number of piperidine rings is 1. The highest BCUT2D eigenvalue weighted by atomic mass is 16.6. The molecule has 1 aliphatic heterocycles. The van der Waals surface area contributed by atoms with Crippen LogP contribution in [0.5, 0.6) is 0 Å². The first-order chi connectivity index (χ1) is 9.52. The van der Waals surface area contributed by atoms with Crippen LogP contribution in [0.4, 0.5) is 11.4 Å². The van der Waals surface area contributed by atoms with Crippen molar-refractivity contribution < 1.29 is 4.92 Å². The minimum atomic E-state index is -0.473. The highest BCUT2D eigenvalue weighted by Gasteiger charge is 2.23. The number of anilines is 1. The van der Waals surface area contributed by atoms with Gasteiger partial charge in [-0.25, -0.2) is 0 Å². The minimum absolute atomic E-state index is 0.0422. The lowest BCUT2D eigenvalue weighted by Gasteiger charge is -2.37. The van der Waals surface area contributed by atoms with Gasteiger partial charge < -0.3 is 9.80 Å². The van der Waals surface area contributed by atoms with Gasteiger partial charge in [0, 0.05) is 31.8 Å². The molecule has 1 fully saturated rings. The SMILES string of the molecule is CN1CCCC(N(C)c2ccc([N+](=O)[O-])cc2C#N)C1. The van der Waals surface area contributed by atoms with Gasteiger partial charge in [-0.2, -0.15) is 5.26 Å². The van der Waals surface area contributed by atoms with Gasteiger partial charge in [0.25, 0.3) is 5.69 Å². The molecule has 0 bridgehead atoms. The Labute approximate surface area is 118 Å². The monoisotopic (exact) mass is 274 g/mol. The average molecular weight is 274 g/mol. The van der Waals surface area contributed by atoms with E-state index in [-0.39, 0.29) is 5.69 Å². The topological polar surface area (TPSA) is 73.4 Å². The first-order valence-electron chi connectivity index (χ1n) is 6.63. The van der Waals surface area contributed by atoms with Crippen molar-refractivity contribution in [1.82, 2.24) is 4.90 Å². The fraction of sp³-hybridized carbons (Fsp3) is 0.500. The van der Waals surface area contributed by atoms with E-state index in [1.807, 2.05) is 7.05 Å². The predicted molar refractivity (Wildman–Crippen MR) is 76.7 cm³/mol. The molecule has 1 saturated heterocycles. The molecule has 1 aromatic rings. The number of nitro benzene ring substituents is 1. The fourth-order valence-electron chi connectivity index (χ4n) is 2.69. The van der Waals surface area contributed by atoms with E-state index in [1.54, 1.807) is 6.07 Å². The van der Waals surface area contributed by atoms with Crippen LogP contribution >= 0.6 is 0 Å². The van der Waals surface area contributed by atoms with Gasteiger partial charge in [0.05, 0.1) is 16.2 Å². The lowest BCUT2D eigenvalue weighted by Crippen LogP contribution is -2.45. The number of hydrogen-bond acceptors (Lipinski definition) is 5. The third-order valence-corrected chi connectivity index (χ3v) is 3.84. The summed E-state index contributed by atoms with van der Waals surface area (Å²) in [6.45, 7) is 2.04. The number of likely N-dealkylation sites (N-methyl/N-ethyl adjacent to an activating group) is 2. The van der Waals surface area contributed by atoms with E-state index < -0.39 is 4.92 Å². The molecule has 20 heavy (non-hydrogen) atoms. The van der Waals surface area contributed by atoms with Crippen LogP contribution in [0.25, 0.3) is 0 Å². The van der Waals surface area contributed by atoms with Crippen LogP contribution in [0.15, 0.2) is 18.2 Å². The van der Waals surface area contributed by atoms with E-state index in [0.717, 1.165) is 31.6 Å². The molecule has 6 heteroatoms. The Hall–Kier alpha value is -2.13.